The summed E-state index contributed by atoms with van der Waals surface area (Å²) in [5.74, 6) is -0.788. The van der Waals surface area contributed by atoms with Crippen molar-refractivity contribution in [3.63, 3.8) is 0 Å². The third kappa shape index (κ3) is 6.67. The van der Waals surface area contributed by atoms with Gasteiger partial charge >= 0.3 is 0 Å². The summed E-state index contributed by atoms with van der Waals surface area (Å²) >= 11 is 0. The molecular formula is C21H27F2N5O. The maximum atomic E-state index is 13.2. The number of hydrogen-bond donors (Lipinski definition) is 2. The van der Waals surface area contributed by atoms with Gasteiger partial charge in [-0.05, 0) is 37.1 Å². The second-order valence-electron chi connectivity index (χ2n) is 6.94. The molecule has 2 aromatic rings. The van der Waals surface area contributed by atoms with Crippen LogP contribution < -0.4 is 15.4 Å². The molecule has 0 spiro atoms. The number of piperidine rings is 1. The number of nitrogens with zero attached hydrogens (tertiary/aromatic N) is 3. The molecule has 0 radical (unpaired) electrons. The molecule has 1 fully saturated rings. The van der Waals surface area contributed by atoms with Crippen LogP contribution in [0, 0.1) is 11.6 Å². The molecule has 0 aliphatic carbocycles. The molecule has 0 unspecified atom stereocenters. The van der Waals surface area contributed by atoms with Crippen molar-refractivity contribution in [2.24, 2.45) is 4.99 Å². The fourth-order valence-electron chi connectivity index (χ4n) is 3.25. The molecule has 2 heterocycles. The maximum absolute atomic E-state index is 13.2. The summed E-state index contributed by atoms with van der Waals surface area (Å²) in [5, 5.41) is 6.62. The van der Waals surface area contributed by atoms with E-state index in [9.17, 15) is 8.78 Å². The van der Waals surface area contributed by atoms with E-state index in [0.29, 0.717) is 30.9 Å². The Bertz CT molecular complexity index is 795. The molecule has 0 bridgehead atoms. The average molecular weight is 403 g/mol. The van der Waals surface area contributed by atoms with Gasteiger partial charge in [0.25, 0.3) is 0 Å². The fourth-order valence-corrected chi connectivity index (χ4v) is 3.25. The summed E-state index contributed by atoms with van der Waals surface area (Å²) < 4.78 is 31.5. The van der Waals surface area contributed by atoms with Gasteiger partial charge in [-0.15, -0.1) is 0 Å². The monoisotopic (exact) mass is 403 g/mol. The van der Waals surface area contributed by atoms with Crippen LogP contribution in [0.15, 0.2) is 47.6 Å². The molecule has 1 aliphatic heterocycles. The van der Waals surface area contributed by atoms with Gasteiger partial charge in [0.05, 0.1) is 12.2 Å². The number of halogens is 2. The van der Waals surface area contributed by atoms with Crippen LogP contribution in [0.5, 0.6) is 5.75 Å². The lowest BCUT2D eigenvalue weighted by atomic mass is 10.1. The molecule has 6 nitrogen and oxygen atoms in total. The van der Waals surface area contributed by atoms with E-state index in [1.165, 1.54) is 6.07 Å². The van der Waals surface area contributed by atoms with E-state index in [1.54, 1.807) is 7.05 Å². The van der Waals surface area contributed by atoms with Crippen molar-refractivity contribution in [1.82, 2.24) is 20.5 Å². The van der Waals surface area contributed by atoms with Gasteiger partial charge in [0, 0.05) is 45.0 Å². The van der Waals surface area contributed by atoms with E-state index in [2.05, 4.69) is 31.6 Å². The number of aliphatic imine (C=N–C) groups is 1. The zero-order valence-electron chi connectivity index (χ0n) is 16.6. The van der Waals surface area contributed by atoms with Gasteiger partial charge in [0.2, 0.25) is 0 Å². The van der Waals surface area contributed by atoms with Gasteiger partial charge in [-0.25, -0.2) is 8.78 Å². The quantitative estimate of drug-likeness (QED) is 0.423. The Kier molecular flexibility index (Phi) is 7.75. The second-order valence-corrected chi connectivity index (χ2v) is 6.94. The smallest absolute Gasteiger partial charge is 0.191 e. The molecule has 1 aliphatic rings. The number of nitrogens with one attached hydrogen (secondary N) is 2. The Labute approximate surface area is 170 Å². The molecular weight excluding hydrogens is 376 g/mol. The minimum atomic E-state index is -0.915. The standard InChI is InChI=1S/C21H27F2N5O/c1-24-21(26-10-13-29-18-5-6-19(22)20(23)14-18)27-16-7-11-28(12-8-16)15-17-4-2-3-9-25-17/h2-6,9,14,16H,7-8,10-13,15H2,1H3,(H2,24,26,27). The number of ether oxygens (including phenoxy) is 1. The lowest BCUT2D eigenvalue weighted by Crippen LogP contribution is -2.49. The van der Waals surface area contributed by atoms with Crippen LogP contribution in [0.1, 0.15) is 18.5 Å². The SMILES string of the molecule is CN=C(NCCOc1ccc(F)c(F)c1)NC1CCN(Cc2ccccn2)CC1. The van der Waals surface area contributed by atoms with Crippen LogP contribution in [0.25, 0.3) is 0 Å². The predicted octanol–water partition coefficient (Wildman–Crippen LogP) is 2.57. The van der Waals surface area contributed by atoms with Gasteiger partial charge in [-0.3, -0.25) is 14.9 Å². The molecule has 0 saturated carbocycles. The van der Waals surface area contributed by atoms with E-state index < -0.39 is 11.6 Å². The minimum Gasteiger partial charge on any atom is -0.492 e. The third-order valence-electron chi connectivity index (χ3n) is 4.82. The summed E-state index contributed by atoms with van der Waals surface area (Å²) in [7, 11) is 1.72. The number of pyridine rings is 1. The minimum absolute atomic E-state index is 0.300. The molecule has 29 heavy (non-hydrogen) atoms. The highest BCUT2D eigenvalue weighted by Crippen LogP contribution is 2.15. The Morgan fingerprint density at radius 3 is 2.72 bits per heavy atom. The first-order valence-electron chi connectivity index (χ1n) is 9.81. The molecule has 3 rings (SSSR count). The van der Waals surface area contributed by atoms with Crippen LogP contribution in [0.4, 0.5) is 8.78 Å². The molecule has 0 amide bonds. The number of rotatable bonds is 7. The molecule has 156 valence electrons. The third-order valence-corrected chi connectivity index (χ3v) is 4.82. The Morgan fingerprint density at radius 2 is 2.03 bits per heavy atom. The van der Waals surface area contributed by atoms with E-state index >= 15 is 0 Å². The zero-order chi connectivity index (χ0) is 20.5. The Morgan fingerprint density at radius 1 is 1.21 bits per heavy atom. The topological polar surface area (TPSA) is 61.8 Å². The summed E-state index contributed by atoms with van der Waals surface area (Å²) in [6.45, 7) is 3.70. The molecule has 0 atom stereocenters. The van der Waals surface area contributed by atoms with Gasteiger partial charge in [0.1, 0.15) is 12.4 Å². The number of guanidine groups is 1. The van der Waals surface area contributed by atoms with E-state index in [1.807, 2.05) is 18.3 Å². The van der Waals surface area contributed by atoms with Gasteiger partial charge in [-0.1, -0.05) is 6.07 Å². The Balaban J connectivity index is 1.34. The second kappa shape index (κ2) is 10.7. The first-order valence-corrected chi connectivity index (χ1v) is 9.81. The first kappa shape index (κ1) is 21.0. The number of likely N-dealkylation sites (tertiary alicyclic amines) is 1. The highest BCUT2D eigenvalue weighted by Gasteiger charge is 2.20. The van der Waals surface area contributed by atoms with E-state index in [-0.39, 0.29) is 0 Å². The Hall–Kier alpha value is -2.74. The lowest BCUT2D eigenvalue weighted by molar-refractivity contribution is 0.196. The molecule has 8 heteroatoms. The van der Waals surface area contributed by atoms with E-state index in [0.717, 1.165) is 50.3 Å². The predicted molar refractivity (Wildman–Crippen MR) is 109 cm³/mol. The fraction of sp³-hybridized carbons (Fsp3) is 0.429. The van der Waals surface area contributed by atoms with Crippen molar-refractivity contribution < 1.29 is 13.5 Å². The largest absolute Gasteiger partial charge is 0.492 e. The number of benzene rings is 1. The molecule has 2 N–H and O–H groups in total. The van der Waals surface area contributed by atoms with Gasteiger partial charge in [-0.2, -0.15) is 0 Å². The normalized spacial score (nSPS) is 15.9. The van der Waals surface area contributed by atoms with Gasteiger partial charge < -0.3 is 15.4 Å². The van der Waals surface area contributed by atoms with Crippen molar-refractivity contribution in [3.8, 4) is 5.75 Å². The number of hydrogen-bond acceptors (Lipinski definition) is 4. The summed E-state index contributed by atoms with van der Waals surface area (Å²) in [6, 6.07) is 9.86. The van der Waals surface area contributed by atoms with Crippen LogP contribution >= 0.6 is 0 Å². The zero-order valence-corrected chi connectivity index (χ0v) is 16.6. The van der Waals surface area contributed by atoms with Crippen molar-refractivity contribution in [2.75, 3.05) is 33.3 Å². The van der Waals surface area contributed by atoms with Crippen LogP contribution in [-0.2, 0) is 6.54 Å². The highest BCUT2D eigenvalue weighted by atomic mass is 19.2. The van der Waals surface area contributed by atoms with Crippen molar-refractivity contribution in [2.45, 2.75) is 25.4 Å². The first-order chi connectivity index (χ1) is 14.1. The van der Waals surface area contributed by atoms with Crippen LogP contribution in [0.2, 0.25) is 0 Å². The average Bonchev–Trinajstić information content (AvgIpc) is 2.75. The summed E-state index contributed by atoms with van der Waals surface area (Å²) in [6.07, 6.45) is 3.88. The van der Waals surface area contributed by atoms with E-state index in [4.69, 9.17) is 4.74 Å². The van der Waals surface area contributed by atoms with Crippen molar-refractivity contribution >= 4 is 5.96 Å². The van der Waals surface area contributed by atoms with Crippen LogP contribution in [0.3, 0.4) is 0 Å². The van der Waals surface area contributed by atoms with Gasteiger partial charge in [0.15, 0.2) is 17.6 Å². The summed E-state index contributed by atoms with van der Waals surface area (Å²) in [4.78, 5) is 11.0. The lowest BCUT2D eigenvalue weighted by Gasteiger charge is -2.32. The van der Waals surface area contributed by atoms with Crippen LogP contribution in [-0.4, -0.2) is 55.2 Å². The maximum Gasteiger partial charge on any atom is 0.191 e. The molecule has 1 aromatic heterocycles. The van der Waals surface area contributed by atoms with Crippen molar-refractivity contribution in [1.29, 1.82) is 0 Å². The summed E-state index contributed by atoms with van der Waals surface area (Å²) in [5.41, 5.74) is 1.09. The van der Waals surface area contributed by atoms with Crippen molar-refractivity contribution in [3.05, 3.63) is 59.9 Å². The highest BCUT2D eigenvalue weighted by molar-refractivity contribution is 5.79. The molecule has 1 aromatic carbocycles. The number of aromatic nitrogens is 1. The molecule has 1 saturated heterocycles.